The zero-order chi connectivity index (χ0) is 10.8. The number of carbonyl (C=O) groups is 1. The van der Waals surface area contributed by atoms with Crippen molar-refractivity contribution >= 4 is 5.91 Å². The minimum atomic E-state index is 0.122. The maximum Gasteiger partial charge on any atom is 0.240 e. The summed E-state index contributed by atoms with van der Waals surface area (Å²) in [5.41, 5.74) is 0. The van der Waals surface area contributed by atoms with E-state index in [4.69, 9.17) is 0 Å². The molecule has 0 aromatic rings. The Morgan fingerprint density at radius 3 is 2.80 bits per heavy atom. The molecule has 1 saturated heterocycles. The van der Waals surface area contributed by atoms with Gasteiger partial charge in [-0.25, -0.2) is 0 Å². The monoisotopic (exact) mass is 210 g/mol. The molecule has 0 aromatic heterocycles. The number of likely N-dealkylation sites (tertiary alicyclic amines) is 1. The average molecular weight is 210 g/mol. The molecule has 3 nitrogen and oxygen atoms in total. The number of nitrogens with zero attached hydrogens (tertiary/aromatic N) is 1. The van der Waals surface area contributed by atoms with Crippen LogP contribution in [0.1, 0.15) is 46.0 Å². The highest BCUT2D eigenvalue weighted by Crippen LogP contribution is 2.23. The van der Waals surface area contributed by atoms with Crippen molar-refractivity contribution in [1.82, 2.24) is 10.2 Å². The van der Waals surface area contributed by atoms with Crippen LogP contribution in [0, 0.1) is 0 Å². The first-order valence-corrected chi connectivity index (χ1v) is 6.29. The second-order valence-electron chi connectivity index (χ2n) is 4.95. The number of carbonyl (C=O) groups excluding carboxylic acids is 1. The van der Waals surface area contributed by atoms with Crippen molar-refractivity contribution in [2.75, 3.05) is 6.54 Å². The third-order valence-electron chi connectivity index (χ3n) is 3.49. The van der Waals surface area contributed by atoms with Crippen LogP contribution in [0.15, 0.2) is 0 Å². The van der Waals surface area contributed by atoms with Crippen LogP contribution >= 0.6 is 0 Å². The topological polar surface area (TPSA) is 32.3 Å². The largest absolute Gasteiger partial charge is 0.339 e. The summed E-state index contributed by atoms with van der Waals surface area (Å²) in [6, 6.07) is 1.19. The number of rotatable bonds is 5. The summed E-state index contributed by atoms with van der Waals surface area (Å²) in [6.07, 6.45) is 5.81. The number of hydrogen-bond donors (Lipinski definition) is 1. The molecular weight excluding hydrogens is 188 g/mol. The summed E-state index contributed by atoms with van der Waals surface area (Å²) in [5, 5.41) is 3.44. The van der Waals surface area contributed by atoms with Crippen molar-refractivity contribution in [2.45, 2.75) is 64.1 Å². The van der Waals surface area contributed by atoms with Crippen molar-refractivity contribution < 1.29 is 4.79 Å². The molecule has 3 heteroatoms. The summed E-state index contributed by atoms with van der Waals surface area (Å²) in [6.45, 7) is 5.29. The van der Waals surface area contributed by atoms with Gasteiger partial charge in [0.05, 0.1) is 6.04 Å². The van der Waals surface area contributed by atoms with Crippen LogP contribution in [0.4, 0.5) is 0 Å². The van der Waals surface area contributed by atoms with Gasteiger partial charge >= 0.3 is 0 Å². The van der Waals surface area contributed by atoms with E-state index in [1.165, 1.54) is 12.8 Å². The molecule has 2 atom stereocenters. The Morgan fingerprint density at radius 2 is 2.20 bits per heavy atom. The first-order valence-electron chi connectivity index (χ1n) is 6.29. The number of hydrogen-bond acceptors (Lipinski definition) is 2. The predicted molar refractivity (Wildman–Crippen MR) is 60.6 cm³/mol. The lowest BCUT2D eigenvalue weighted by molar-refractivity contribution is -0.131. The molecule has 0 bridgehead atoms. The maximum absolute atomic E-state index is 12.0. The van der Waals surface area contributed by atoms with E-state index < -0.39 is 0 Å². The zero-order valence-corrected chi connectivity index (χ0v) is 9.83. The molecule has 1 N–H and O–H groups in total. The Kier molecular flexibility index (Phi) is 3.29. The Labute approximate surface area is 92.2 Å². The van der Waals surface area contributed by atoms with Crippen molar-refractivity contribution in [3.05, 3.63) is 0 Å². The van der Waals surface area contributed by atoms with Gasteiger partial charge in [0.1, 0.15) is 0 Å². The molecule has 2 rings (SSSR count). The lowest BCUT2D eigenvalue weighted by atomic mass is 10.2. The summed E-state index contributed by atoms with van der Waals surface area (Å²) in [5.74, 6) is 0.336. The molecule has 1 saturated carbocycles. The van der Waals surface area contributed by atoms with Gasteiger partial charge in [0.15, 0.2) is 0 Å². The fourth-order valence-electron chi connectivity index (χ4n) is 2.40. The van der Waals surface area contributed by atoms with Gasteiger partial charge < -0.3 is 10.2 Å². The Hall–Kier alpha value is -0.570. The molecule has 0 spiro atoms. The van der Waals surface area contributed by atoms with Gasteiger partial charge in [0, 0.05) is 18.6 Å². The Morgan fingerprint density at radius 1 is 1.47 bits per heavy atom. The van der Waals surface area contributed by atoms with Crippen LogP contribution in [0.3, 0.4) is 0 Å². The minimum Gasteiger partial charge on any atom is -0.339 e. The quantitative estimate of drug-likeness (QED) is 0.746. The van der Waals surface area contributed by atoms with E-state index in [9.17, 15) is 4.79 Å². The molecule has 2 aliphatic rings. The van der Waals surface area contributed by atoms with E-state index in [1.54, 1.807) is 0 Å². The van der Waals surface area contributed by atoms with Crippen molar-refractivity contribution in [3.63, 3.8) is 0 Å². The second kappa shape index (κ2) is 4.52. The second-order valence-corrected chi connectivity index (χ2v) is 4.95. The molecule has 0 radical (unpaired) electrons. The molecule has 1 aliphatic carbocycles. The molecular formula is C12H22N2O. The van der Waals surface area contributed by atoms with Crippen molar-refractivity contribution in [2.24, 2.45) is 0 Å². The van der Waals surface area contributed by atoms with Crippen LogP contribution in [0.2, 0.25) is 0 Å². The molecule has 1 heterocycles. The smallest absolute Gasteiger partial charge is 0.240 e. The van der Waals surface area contributed by atoms with E-state index >= 15 is 0 Å². The molecule has 15 heavy (non-hydrogen) atoms. The van der Waals surface area contributed by atoms with Gasteiger partial charge in [-0.2, -0.15) is 0 Å². The fourth-order valence-corrected chi connectivity index (χ4v) is 2.40. The van der Waals surface area contributed by atoms with E-state index in [1.807, 2.05) is 0 Å². The molecule has 0 aromatic carbocycles. The summed E-state index contributed by atoms with van der Waals surface area (Å²) < 4.78 is 0. The molecule has 1 amide bonds. The van der Waals surface area contributed by atoms with Gasteiger partial charge in [0.25, 0.3) is 0 Å². The SMILES string of the molecule is CCCC(C)N1CCC(NC2CC2)C1=O. The van der Waals surface area contributed by atoms with Gasteiger partial charge in [0.2, 0.25) is 5.91 Å². The number of nitrogens with one attached hydrogen (secondary N) is 1. The normalized spacial score (nSPS) is 28.5. The number of amides is 1. The van der Waals surface area contributed by atoms with Crippen LogP contribution in [0.25, 0.3) is 0 Å². The Balaban J connectivity index is 1.84. The standard InChI is InChI=1S/C12H22N2O/c1-3-4-9(2)14-8-7-11(12(14)15)13-10-5-6-10/h9-11,13H,3-8H2,1-2H3. The van der Waals surface area contributed by atoms with E-state index in [-0.39, 0.29) is 6.04 Å². The van der Waals surface area contributed by atoms with Crippen molar-refractivity contribution in [1.29, 1.82) is 0 Å². The Bertz CT molecular complexity index is 238. The maximum atomic E-state index is 12.0. The third-order valence-corrected chi connectivity index (χ3v) is 3.49. The van der Waals surface area contributed by atoms with Crippen molar-refractivity contribution in [3.8, 4) is 0 Å². The highest BCUT2D eigenvalue weighted by atomic mass is 16.2. The minimum absolute atomic E-state index is 0.122. The summed E-state index contributed by atoms with van der Waals surface area (Å²) in [4.78, 5) is 14.1. The van der Waals surface area contributed by atoms with E-state index in [0.29, 0.717) is 18.0 Å². The fraction of sp³-hybridized carbons (Fsp3) is 0.917. The lowest BCUT2D eigenvalue weighted by Crippen LogP contribution is -2.42. The molecule has 86 valence electrons. The van der Waals surface area contributed by atoms with E-state index in [2.05, 4.69) is 24.1 Å². The van der Waals surface area contributed by atoms with E-state index in [0.717, 1.165) is 25.8 Å². The summed E-state index contributed by atoms with van der Waals surface area (Å²) >= 11 is 0. The zero-order valence-electron chi connectivity index (χ0n) is 9.83. The van der Waals surface area contributed by atoms with Crippen LogP contribution in [-0.2, 0) is 4.79 Å². The first-order chi connectivity index (χ1) is 7.22. The highest BCUT2D eigenvalue weighted by molar-refractivity contribution is 5.84. The van der Waals surface area contributed by atoms with Gasteiger partial charge in [-0.3, -0.25) is 4.79 Å². The molecule has 1 aliphatic heterocycles. The van der Waals surface area contributed by atoms with Gasteiger partial charge in [-0.15, -0.1) is 0 Å². The lowest BCUT2D eigenvalue weighted by Gasteiger charge is -2.24. The van der Waals surface area contributed by atoms with Gasteiger partial charge in [-0.05, 0) is 32.6 Å². The average Bonchev–Trinajstić information content (AvgIpc) is 2.93. The third kappa shape index (κ3) is 2.51. The van der Waals surface area contributed by atoms with Crippen LogP contribution < -0.4 is 5.32 Å². The predicted octanol–water partition coefficient (Wildman–Crippen LogP) is 1.53. The van der Waals surface area contributed by atoms with Crippen LogP contribution in [-0.4, -0.2) is 35.5 Å². The first kappa shape index (κ1) is 10.9. The van der Waals surface area contributed by atoms with Crippen LogP contribution in [0.5, 0.6) is 0 Å². The summed E-state index contributed by atoms with van der Waals surface area (Å²) in [7, 11) is 0. The van der Waals surface area contributed by atoms with Gasteiger partial charge in [-0.1, -0.05) is 13.3 Å². The molecule has 2 fully saturated rings. The highest BCUT2D eigenvalue weighted by Gasteiger charge is 2.36. The molecule has 2 unspecified atom stereocenters.